The van der Waals surface area contributed by atoms with Gasteiger partial charge < -0.3 is 5.11 Å². The van der Waals surface area contributed by atoms with Crippen molar-refractivity contribution in [1.82, 2.24) is 14.5 Å². The Hall–Kier alpha value is -5.57. The van der Waals surface area contributed by atoms with Crippen molar-refractivity contribution in [2.24, 2.45) is 0 Å². The molecule has 0 amide bonds. The summed E-state index contributed by atoms with van der Waals surface area (Å²) in [5, 5.41) is 11.3. The van der Waals surface area contributed by atoms with Gasteiger partial charge in [0.15, 0.2) is 0 Å². The smallest absolute Gasteiger partial charge is 0.148 e. The summed E-state index contributed by atoms with van der Waals surface area (Å²) in [6.07, 6.45) is -0.532. The first-order chi connectivity index (χ1) is 29.3. The number of fused-ring (bicyclic) bond motifs is 1. The summed E-state index contributed by atoms with van der Waals surface area (Å²) in [5.74, 6) is -0.471. The van der Waals surface area contributed by atoms with E-state index >= 15 is 0 Å². The summed E-state index contributed by atoms with van der Waals surface area (Å²) < 4.78 is 79.9. The normalized spacial score (nSPS) is 14.1. The molecule has 5 heteroatoms. The van der Waals surface area contributed by atoms with Crippen LogP contribution in [0, 0.1) is 6.07 Å². The second-order valence-corrected chi connectivity index (χ2v) is 14.2. The van der Waals surface area contributed by atoms with Crippen LogP contribution in [0.1, 0.15) is 64.0 Å². The average Bonchev–Trinajstić information content (AvgIpc) is 3.64. The van der Waals surface area contributed by atoms with Gasteiger partial charge in [-0.1, -0.05) is 143 Å². The molecular formula is C49H42N3OPt-. The van der Waals surface area contributed by atoms with Crippen LogP contribution < -0.4 is 0 Å². The van der Waals surface area contributed by atoms with Crippen molar-refractivity contribution < 1.29 is 38.5 Å². The minimum Gasteiger partial charge on any atom is -0.507 e. The largest absolute Gasteiger partial charge is 0.507 e. The minimum absolute atomic E-state index is 0. The van der Waals surface area contributed by atoms with Crippen LogP contribution in [0.15, 0.2) is 152 Å². The first kappa shape index (κ1) is 27.1. The Labute approximate surface area is 345 Å². The van der Waals surface area contributed by atoms with Crippen molar-refractivity contribution in [3.05, 3.63) is 169 Å². The van der Waals surface area contributed by atoms with E-state index in [4.69, 9.17) is 16.0 Å². The molecule has 1 N–H and O–H groups in total. The molecule has 0 atom stereocenters. The molecule has 0 unspecified atom stereocenters. The molecule has 8 aromatic rings. The Balaban J connectivity index is 0.00000595. The zero-order valence-corrected chi connectivity index (χ0v) is 32.7. The van der Waals surface area contributed by atoms with Crippen LogP contribution in [0.3, 0.4) is 0 Å². The van der Waals surface area contributed by atoms with E-state index in [2.05, 4.69) is 17.1 Å². The van der Waals surface area contributed by atoms with Gasteiger partial charge in [0, 0.05) is 40.0 Å². The molecule has 0 aliphatic rings. The predicted molar refractivity (Wildman–Crippen MR) is 219 cm³/mol. The molecule has 0 saturated heterocycles. The number of aromatic nitrogens is 3. The molecule has 0 spiro atoms. The number of hydrogen-bond donors (Lipinski definition) is 1. The predicted octanol–water partition coefficient (Wildman–Crippen LogP) is 12.7. The molecule has 0 bridgehead atoms. The summed E-state index contributed by atoms with van der Waals surface area (Å²) in [6.45, 7) is 9.78. The number of hydrogen-bond acceptors (Lipinski definition) is 3. The van der Waals surface area contributed by atoms with Crippen LogP contribution in [-0.2, 0) is 26.5 Å². The zero-order valence-electron chi connectivity index (χ0n) is 39.4. The summed E-state index contributed by atoms with van der Waals surface area (Å²) >= 11 is 0. The van der Waals surface area contributed by atoms with Crippen LogP contribution in [0.5, 0.6) is 5.75 Å². The molecule has 6 aromatic carbocycles. The van der Waals surface area contributed by atoms with Gasteiger partial charge in [-0.2, -0.15) is 0 Å². The van der Waals surface area contributed by atoms with Gasteiger partial charge in [-0.05, 0) is 75.5 Å². The molecular weight excluding hydrogens is 842 g/mol. The molecule has 4 nitrogen and oxygen atoms in total. The second-order valence-electron chi connectivity index (χ2n) is 14.2. The van der Waals surface area contributed by atoms with E-state index in [1.165, 1.54) is 0 Å². The van der Waals surface area contributed by atoms with E-state index in [1.54, 1.807) is 18.2 Å². The molecule has 0 aliphatic heterocycles. The average molecular weight is 893 g/mol. The number of phenolic OH excluding ortho intramolecular Hbond substituents is 1. The number of benzene rings is 6. The fourth-order valence-electron chi connectivity index (χ4n) is 6.47. The third-order valence-corrected chi connectivity index (χ3v) is 9.31. The van der Waals surface area contributed by atoms with Gasteiger partial charge in [0.25, 0.3) is 0 Å². The fourth-order valence-corrected chi connectivity index (χ4v) is 6.47. The van der Waals surface area contributed by atoms with Crippen molar-refractivity contribution in [2.45, 2.75) is 45.9 Å². The Bertz CT molecular complexity index is 3070. The minimum atomic E-state index is -0.959. The van der Waals surface area contributed by atoms with Crippen LogP contribution >= 0.6 is 0 Å². The summed E-state index contributed by atoms with van der Waals surface area (Å²) in [7, 11) is 0. The number of aromatic hydroxyl groups is 1. The van der Waals surface area contributed by atoms with Gasteiger partial charge in [0.2, 0.25) is 0 Å². The third kappa shape index (κ3) is 7.19. The Morgan fingerprint density at radius 3 is 2.20 bits per heavy atom. The maximum Gasteiger partial charge on any atom is 0.148 e. The van der Waals surface area contributed by atoms with Crippen molar-refractivity contribution in [3.63, 3.8) is 0 Å². The topological polar surface area (TPSA) is 50.9 Å². The number of para-hydroxylation sites is 2. The Morgan fingerprint density at radius 2 is 1.46 bits per heavy atom. The number of imidazole rings is 1. The zero-order chi connectivity index (χ0) is 44.6. The maximum atomic E-state index is 11.3. The SMILES string of the molecule is [2H]c1nc(-c2[c-]c(-c3cccc4c3nc(-c3ccccc3O)n4-c3cc(-c4ccccc4)cc(C([2H])(C)C)c3)cc(C(C)(C)C)c2)c([2H])c(-c2c([2H])c([2H])c([2H])c([2H])c2[2H])c1[2H].[Pt]. The van der Waals surface area contributed by atoms with E-state index in [1.807, 2.05) is 118 Å². The van der Waals surface area contributed by atoms with Crippen LogP contribution in [0.2, 0.25) is 0 Å². The van der Waals surface area contributed by atoms with E-state index < -0.39 is 53.7 Å². The van der Waals surface area contributed by atoms with Gasteiger partial charge >= 0.3 is 0 Å². The first-order valence-corrected chi connectivity index (χ1v) is 17.4. The van der Waals surface area contributed by atoms with Crippen molar-refractivity contribution in [1.29, 1.82) is 0 Å². The van der Waals surface area contributed by atoms with Gasteiger partial charge in [0.1, 0.15) is 11.6 Å². The Morgan fingerprint density at radius 1 is 0.741 bits per heavy atom. The van der Waals surface area contributed by atoms with Gasteiger partial charge in [-0.3, -0.25) is 9.55 Å². The van der Waals surface area contributed by atoms with Gasteiger partial charge in [-0.15, -0.1) is 29.3 Å². The monoisotopic (exact) mass is 892 g/mol. The maximum absolute atomic E-state index is 11.3. The molecule has 2 heterocycles. The molecule has 54 heavy (non-hydrogen) atoms. The van der Waals surface area contributed by atoms with Crippen molar-refractivity contribution >= 4 is 11.0 Å². The standard InChI is InChI=1S/C49H42N3O.Pt/c1-32(2)36-25-37(34-17-10-7-11-18-34)30-41(29-36)52-45-21-14-20-42(47(45)51-48(52)43-19-12-13-22-46(43)53)38-26-39(28-40(27-38)49(3,4)5)44-31-35(23-24-50-44)33-15-8-6-9-16-33;/h6-25,27-32,53H,1-5H3;/q-1;/i6D,8D,9D,15D,16D,23D,24D,31D,32D;. The van der Waals surface area contributed by atoms with Crippen molar-refractivity contribution in [3.8, 4) is 67.5 Å². The number of pyridine rings is 1. The van der Waals surface area contributed by atoms with Gasteiger partial charge in [-0.25, -0.2) is 4.98 Å². The van der Waals surface area contributed by atoms with Crippen LogP contribution in [0.25, 0.3) is 72.7 Å². The fraction of sp³-hybridized carbons (Fsp3) is 0.143. The number of nitrogens with zero attached hydrogens (tertiary/aromatic N) is 3. The summed E-state index contributed by atoms with van der Waals surface area (Å²) in [6, 6.07) is 32.0. The molecule has 0 fully saturated rings. The molecule has 0 aliphatic carbocycles. The molecule has 2 aromatic heterocycles. The molecule has 0 radical (unpaired) electrons. The summed E-state index contributed by atoms with van der Waals surface area (Å²) in [4.78, 5) is 9.64. The third-order valence-electron chi connectivity index (χ3n) is 9.31. The second kappa shape index (κ2) is 15.0. The van der Waals surface area contributed by atoms with Crippen LogP contribution in [0.4, 0.5) is 0 Å². The van der Waals surface area contributed by atoms with Gasteiger partial charge in [0.05, 0.1) is 27.6 Å². The van der Waals surface area contributed by atoms with E-state index in [0.717, 1.165) is 27.9 Å². The summed E-state index contributed by atoms with van der Waals surface area (Å²) in [5.41, 5.74) is 6.35. The van der Waals surface area contributed by atoms with Crippen molar-refractivity contribution in [2.75, 3.05) is 0 Å². The molecule has 270 valence electrons. The number of rotatable bonds is 7. The first-order valence-electron chi connectivity index (χ1n) is 21.9. The molecule has 0 saturated carbocycles. The number of phenols is 1. The van der Waals surface area contributed by atoms with E-state index in [0.29, 0.717) is 39.1 Å². The van der Waals surface area contributed by atoms with E-state index in [9.17, 15) is 6.48 Å². The van der Waals surface area contributed by atoms with Crippen LogP contribution in [-0.4, -0.2) is 19.6 Å². The van der Waals surface area contributed by atoms with E-state index in [-0.39, 0.29) is 49.7 Å². The Kier molecular flexibility index (Phi) is 7.55. The molecule has 8 rings (SSSR count). The quantitative estimate of drug-likeness (QED) is 0.162.